The van der Waals surface area contributed by atoms with Gasteiger partial charge >= 0.3 is 0 Å². The van der Waals surface area contributed by atoms with Crippen LogP contribution in [0.4, 0.5) is 10.2 Å². The number of halogens is 1. The lowest BCUT2D eigenvalue weighted by atomic mass is 10.3. The molecule has 0 spiro atoms. The van der Waals surface area contributed by atoms with Gasteiger partial charge in [0.2, 0.25) is 0 Å². The molecule has 0 aliphatic carbocycles. The summed E-state index contributed by atoms with van der Waals surface area (Å²) in [6, 6.07) is 4.37. The number of thiophene rings is 1. The Morgan fingerprint density at radius 1 is 1.40 bits per heavy atom. The minimum Gasteiger partial charge on any atom is -0.307 e. The fourth-order valence-corrected chi connectivity index (χ4v) is 1.67. The first kappa shape index (κ1) is 9.79. The summed E-state index contributed by atoms with van der Waals surface area (Å²) < 4.78 is 12.5. The lowest BCUT2D eigenvalue weighted by molar-refractivity contribution is 0.102. The molecule has 0 saturated heterocycles. The average molecular weight is 222 g/mol. The SMILES string of the molecule is O=C(Nc1ccc(F)cn1)c1ccsc1. The van der Waals surface area contributed by atoms with Gasteiger partial charge in [-0.15, -0.1) is 0 Å². The maximum absolute atomic E-state index is 12.5. The lowest BCUT2D eigenvalue weighted by Gasteiger charge is -2.01. The molecule has 0 radical (unpaired) electrons. The highest BCUT2D eigenvalue weighted by atomic mass is 32.1. The Hall–Kier alpha value is -1.75. The van der Waals surface area contributed by atoms with Crippen LogP contribution in [0.15, 0.2) is 35.2 Å². The molecule has 0 saturated carbocycles. The Labute approximate surface area is 89.6 Å². The summed E-state index contributed by atoms with van der Waals surface area (Å²) in [5.41, 5.74) is 0.575. The van der Waals surface area contributed by atoms with Gasteiger partial charge in [0.25, 0.3) is 5.91 Å². The van der Waals surface area contributed by atoms with Crippen molar-refractivity contribution in [3.8, 4) is 0 Å². The monoisotopic (exact) mass is 222 g/mol. The number of hydrogen-bond acceptors (Lipinski definition) is 3. The highest BCUT2D eigenvalue weighted by Gasteiger charge is 2.06. The van der Waals surface area contributed by atoms with Gasteiger partial charge < -0.3 is 5.32 Å². The summed E-state index contributed by atoms with van der Waals surface area (Å²) in [6.45, 7) is 0. The first-order valence-corrected chi connectivity index (χ1v) is 5.15. The molecule has 0 bridgehead atoms. The molecular weight excluding hydrogens is 215 g/mol. The fraction of sp³-hybridized carbons (Fsp3) is 0. The predicted octanol–water partition coefficient (Wildman–Crippen LogP) is 2.53. The van der Waals surface area contributed by atoms with Crippen molar-refractivity contribution in [3.63, 3.8) is 0 Å². The molecule has 1 amide bonds. The average Bonchev–Trinajstić information content (AvgIpc) is 2.74. The van der Waals surface area contributed by atoms with Crippen LogP contribution < -0.4 is 5.32 Å². The number of amides is 1. The maximum Gasteiger partial charge on any atom is 0.257 e. The van der Waals surface area contributed by atoms with Gasteiger partial charge in [0, 0.05) is 5.38 Å². The molecule has 1 N–H and O–H groups in total. The first-order chi connectivity index (χ1) is 7.25. The van der Waals surface area contributed by atoms with Gasteiger partial charge in [-0.2, -0.15) is 11.3 Å². The van der Waals surface area contributed by atoms with E-state index in [0.717, 1.165) is 6.20 Å². The van der Waals surface area contributed by atoms with Gasteiger partial charge in [0.1, 0.15) is 11.6 Å². The molecule has 0 aliphatic heterocycles. The van der Waals surface area contributed by atoms with Crippen LogP contribution in [0.25, 0.3) is 0 Å². The normalized spacial score (nSPS) is 9.93. The number of nitrogens with zero attached hydrogens (tertiary/aromatic N) is 1. The number of pyridine rings is 1. The Balaban J connectivity index is 2.09. The third-order valence-corrected chi connectivity index (χ3v) is 2.44. The van der Waals surface area contributed by atoms with Crippen molar-refractivity contribution < 1.29 is 9.18 Å². The second kappa shape index (κ2) is 4.18. The van der Waals surface area contributed by atoms with Crippen LogP contribution in [-0.4, -0.2) is 10.9 Å². The number of aromatic nitrogens is 1. The minimum absolute atomic E-state index is 0.240. The number of hydrogen-bond donors (Lipinski definition) is 1. The maximum atomic E-state index is 12.5. The molecule has 5 heteroatoms. The van der Waals surface area contributed by atoms with Gasteiger partial charge in [-0.25, -0.2) is 9.37 Å². The van der Waals surface area contributed by atoms with E-state index in [9.17, 15) is 9.18 Å². The highest BCUT2D eigenvalue weighted by molar-refractivity contribution is 7.08. The van der Waals surface area contributed by atoms with E-state index in [4.69, 9.17) is 0 Å². The highest BCUT2D eigenvalue weighted by Crippen LogP contribution is 2.09. The third kappa shape index (κ3) is 2.38. The van der Waals surface area contributed by atoms with Crippen molar-refractivity contribution in [1.29, 1.82) is 0 Å². The summed E-state index contributed by atoms with van der Waals surface area (Å²) in [4.78, 5) is 15.2. The van der Waals surface area contributed by atoms with E-state index in [0.29, 0.717) is 11.4 Å². The molecule has 3 nitrogen and oxygen atoms in total. The van der Waals surface area contributed by atoms with Crippen LogP contribution in [-0.2, 0) is 0 Å². The van der Waals surface area contributed by atoms with Gasteiger partial charge in [0.05, 0.1) is 11.8 Å². The van der Waals surface area contributed by atoms with E-state index in [-0.39, 0.29) is 5.91 Å². The van der Waals surface area contributed by atoms with E-state index < -0.39 is 5.82 Å². The molecule has 2 heterocycles. The summed E-state index contributed by atoms with van der Waals surface area (Å²) in [5, 5.41) is 6.11. The van der Waals surface area contributed by atoms with Crippen molar-refractivity contribution in [2.45, 2.75) is 0 Å². The van der Waals surface area contributed by atoms with Crippen LogP contribution in [0.1, 0.15) is 10.4 Å². The van der Waals surface area contributed by atoms with Gasteiger partial charge in [-0.3, -0.25) is 4.79 Å². The van der Waals surface area contributed by atoms with Crippen LogP contribution in [0.3, 0.4) is 0 Å². The number of rotatable bonds is 2. The summed E-state index contributed by atoms with van der Waals surface area (Å²) >= 11 is 1.44. The predicted molar refractivity (Wildman–Crippen MR) is 56.5 cm³/mol. The Morgan fingerprint density at radius 2 is 2.27 bits per heavy atom. The van der Waals surface area contributed by atoms with Crippen molar-refractivity contribution in [1.82, 2.24) is 4.98 Å². The second-order valence-electron chi connectivity index (χ2n) is 2.83. The number of nitrogens with one attached hydrogen (secondary N) is 1. The van der Waals surface area contributed by atoms with Gasteiger partial charge in [-0.1, -0.05) is 0 Å². The topological polar surface area (TPSA) is 42.0 Å². The fourth-order valence-electron chi connectivity index (χ4n) is 1.03. The summed E-state index contributed by atoms with van der Waals surface area (Å²) in [5.74, 6) is -0.327. The number of carbonyl (C=O) groups excluding carboxylic acids is 1. The smallest absolute Gasteiger partial charge is 0.257 e. The van der Waals surface area contributed by atoms with Crippen LogP contribution in [0.5, 0.6) is 0 Å². The lowest BCUT2D eigenvalue weighted by Crippen LogP contribution is -2.11. The number of carbonyl (C=O) groups is 1. The molecule has 2 aromatic heterocycles. The molecule has 15 heavy (non-hydrogen) atoms. The number of anilines is 1. The largest absolute Gasteiger partial charge is 0.307 e. The zero-order valence-corrected chi connectivity index (χ0v) is 8.42. The molecule has 0 atom stereocenters. The standard InChI is InChI=1S/C10H7FN2OS/c11-8-1-2-9(12-5-8)13-10(14)7-3-4-15-6-7/h1-6H,(H,12,13,14). The zero-order valence-electron chi connectivity index (χ0n) is 7.61. The summed E-state index contributed by atoms with van der Waals surface area (Å²) in [7, 11) is 0. The molecule has 0 aromatic carbocycles. The second-order valence-corrected chi connectivity index (χ2v) is 3.61. The van der Waals surface area contributed by atoms with Gasteiger partial charge in [0.15, 0.2) is 0 Å². The Kier molecular flexibility index (Phi) is 2.73. The van der Waals surface area contributed by atoms with E-state index in [1.54, 1.807) is 11.4 Å². The Morgan fingerprint density at radius 3 is 2.87 bits per heavy atom. The molecule has 76 valence electrons. The molecule has 0 unspecified atom stereocenters. The van der Waals surface area contributed by atoms with Crippen LogP contribution in [0.2, 0.25) is 0 Å². The van der Waals surface area contributed by atoms with Crippen molar-refractivity contribution >= 4 is 23.1 Å². The molecule has 0 aliphatic rings. The minimum atomic E-state index is -0.427. The Bertz CT molecular complexity index is 453. The quantitative estimate of drug-likeness (QED) is 0.848. The van der Waals surface area contributed by atoms with E-state index in [1.165, 1.54) is 23.5 Å². The van der Waals surface area contributed by atoms with E-state index >= 15 is 0 Å². The molecule has 0 fully saturated rings. The van der Waals surface area contributed by atoms with Crippen LogP contribution >= 0.6 is 11.3 Å². The van der Waals surface area contributed by atoms with Gasteiger partial charge in [-0.05, 0) is 23.6 Å². The van der Waals surface area contributed by atoms with Crippen molar-refractivity contribution in [2.75, 3.05) is 5.32 Å². The van der Waals surface area contributed by atoms with E-state index in [2.05, 4.69) is 10.3 Å². The van der Waals surface area contributed by atoms with Crippen LogP contribution in [0, 0.1) is 5.82 Å². The molecule has 2 aromatic rings. The molecular formula is C10H7FN2OS. The van der Waals surface area contributed by atoms with Crippen molar-refractivity contribution in [3.05, 3.63) is 46.5 Å². The third-order valence-electron chi connectivity index (χ3n) is 1.75. The van der Waals surface area contributed by atoms with E-state index in [1.807, 2.05) is 5.38 Å². The first-order valence-electron chi connectivity index (χ1n) is 4.21. The van der Waals surface area contributed by atoms with Crippen molar-refractivity contribution in [2.24, 2.45) is 0 Å². The summed E-state index contributed by atoms with van der Waals surface area (Å²) in [6.07, 6.45) is 1.06. The molecule has 2 rings (SSSR count). The zero-order chi connectivity index (χ0) is 10.7.